The van der Waals surface area contributed by atoms with Crippen molar-refractivity contribution in [2.45, 2.75) is 84.4 Å². The second-order valence-corrected chi connectivity index (χ2v) is 12.0. The summed E-state index contributed by atoms with van der Waals surface area (Å²) in [7, 11) is -1.70. The van der Waals surface area contributed by atoms with Crippen LogP contribution in [0.25, 0.3) is 0 Å². The molecule has 0 saturated carbocycles. The van der Waals surface area contributed by atoms with E-state index in [1.165, 1.54) is 6.92 Å². The number of hydrogen-bond acceptors (Lipinski definition) is 3. The lowest BCUT2D eigenvalue weighted by molar-refractivity contribution is -0.141. The van der Waals surface area contributed by atoms with Crippen molar-refractivity contribution in [1.82, 2.24) is 0 Å². The van der Waals surface area contributed by atoms with Crippen molar-refractivity contribution in [3.63, 3.8) is 0 Å². The summed E-state index contributed by atoms with van der Waals surface area (Å²) < 4.78 is 11.4. The van der Waals surface area contributed by atoms with Crippen LogP contribution in [0, 0.1) is 0 Å². The first kappa shape index (κ1) is 19.6. The molecule has 0 heterocycles. The average Bonchev–Trinajstić information content (AvgIpc) is 2.30. The highest BCUT2D eigenvalue weighted by molar-refractivity contribution is 6.77. The van der Waals surface area contributed by atoms with Crippen molar-refractivity contribution < 1.29 is 14.0 Å². The molecular formula is C16H34O3Si. The Morgan fingerprint density at radius 1 is 0.850 bits per heavy atom. The maximum Gasteiger partial charge on any atom is 0.302 e. The molecular weight excluding hydrogens is 268 g/mol. The minimum atomic E-state index is -1.70. The Balaban J connectivity index is 4.13. The maximum atomic E-state index is 10.6. The fourth-order valence-electron chi connectivity index (χ4n) is 3.35. The molecule has 0 aliphatic rings. The first-order valence-electron chi connectivity index (χ1n) is 8.02. The molecule has 0 rings (SSSR count). The molecule has 120 valence electrons. The minimum Gasteiger partial charge on any atom is -0.466 e. The van der Waals surface area contributed by atoms with Crippen LogP contribution in [0.5, 0.6) is 0 Å². The molecule has 0 atom stereocenters. The molecule has 0 radical (unpaired) electrons. The molecule has 0 N–H and O–H groups in total. The topological polar surface area (TPSA) is 35.5 Å². The molecule has 0 aromatic rings. The summed E-state index contributed by atoms with van der Waals surface area (Å²) in [5.74, 6) is -0.188. The molecule has 0 bridgehead atoms. The van der Waals surface area contributed by atoms with Crippen LogP contribution in [0.1, 0.15) is 67.7 Å². The largest absolute Gasteiger partial charge is 0.466 e. The van der Waals surface area contributed by atoms with E-state index in [0.29, 0.717) is 23.2 Å². The van der Waals surface area contributed by atoms with E-state index in [9.17, 15) is 4.79 Å². The third kappa shape index (κ3) is 5.96. The third-order valence-corrected chi connectivity index (χ3v) is 10.3. The van der Waals surface area contributed by atoms with E-state index in [-0.39, 0.29) is 5.97 Å². The number of unbranched alkanes of at least 4 members (excludes halogenated alkanes) is 2. The number of carbonyl (C=O) groups is 1. The Kier molecular flexibility index (Phi) is 9.39. The molecule has 0 amide bonds. The average molecular weight is 303 g/mol. The molecule has 20 heavy (non-hydrogen) atoms. The van der Waals surface area contributed by atoms with Crippen molar-refractivity contribution in [1.29, 1.82) is 0 Å². The molecule has 0 aliphatic heterocycles. The zero-order valence-corrected chi connectivity index (χ0v) is 15.5. The molecule has 3 nitrogen and oxygen atoms in total. The first-order valence-corrected chi connectivity index (χ1v) is 10.2. The van der Waals surface area contributed by atoms with Crippen LogP contribution in [0.2, 0.25) is 16.6 Å². The highest BCUT2D eigenvalue weighted by Crippen LogP contribution is 2.42. The van der Waals surface area contributed by atoms with Crippen molar-refractivity contribution in [3.8, 4) is 0 Å². The Hall–Kier alpha value is -0.353. The van der Waals surface area contributed by atoms with Gasteiger partial charge in [-0.25, -0.2) is 0 Å². The van der Waals surface area contributed by atoms with Crippen LogP contribution in [0.4, 0.5) is 0 Å². The monoisotopic (exact) mass is 302 g/mol. The van der Waals surface area contributed by atoms with E-state index in [2.05, 4.69) is 41.5 Å². The Bertz CT molecular complexity index is 253. The Morgan fingerprint density at radius 3 is 1.70 bits per heavy atom. The number of hydrogen-bond donors (Lipinski definition) is 0. The van der Waals surface area contributed by atoms with Crippen molar-refractivity contribution in [2.24, 2.45) is 0 Å². The van der Waals surface area contributed by atoms with Gasteiger partial charge >= 0.3 is 5.97 Å². The van der Waals surface area contributed by atoms with Crippen molar-refractivity contribution >= 4 is 14.3 Å². The molecule has 0 aromatic heterocycles. The van der Waals surface area contributed by atoms with E-state index in [4.69, 9.17) is 9.16 Å². The smallest absolute Gasteiger partial charge is 0.302 e. The van der Waals surface area contributed by atoms with Crippen LogP contribution in [-0.4, -0.2) is 27.5 Å². The molecule has 0 aliphatic carbocycles. The molecule has 0 unspecified atom stereocenters. The van der Waals surface area contributed by atoms with Crippen molar-refractivity contribution in [2.75, 3.05) is 13.2 Å². The molecule has 0 aromatic carbocycles. The van der Waals surface area contributed by atoms with Gasteiger partial charge in [0.05, 0.1) is 6.61 Å². The van der Waals surface area contributed by atoms with Crippen LogP contribution in [0.3, 0.4) is 0 Å². The highest BCUT2D eigenvalue weighted by atomic mass is 28.4. The quantitative estimate of drug-likeness (QED) is 0.327. The summed E-state index contributed by atoms with van der Waals surface area (Å²) in [6.07, 6.45) is 3.05. The Labute approximate surface area is 126 Å². The number of ether oxygens (including phenoxy) is 1. The lowest BCUT2D eigenvalue weighted by Gasteiger charge is -2.42. The summed E-state index contributed by atoms with van der Waals surface area (Å²) in [4.78, 5) is 10.6. The summed E-state index contributed by atoms with van der Waals surface area (Å²) in [6, 6.07) is 0. The van der Waals surface area contributed by atoms with Gasteiger partial charge in [0.25, 0.3) is 0 Å². The van der Waals surface area contributed by atoms with Gasteiger partial charge in [-0.3, -0.25) is 4.79 Å². The number of rotatable bonds is 10. The minimum absolute atomic E-state index is 0.188. The predicted molar refractivity (Wildman–Crippen MR) is 87.5 cm³/mol. The lowest BCUT2D eigenvalue weighted by Crippen LogP contribution is -2.47. The third-order valence-electron chi connectivity index (χ3n) is 4.15. The lowest BCUT2D eigenvalue weighted by atomic mass is 10.2. The Morgan fingerprint density at radius 2 is 1.30 bits per heavy atom. The molecule has 0 fully saturated rings. The zero-order chi connectivity index (χ0) is 15.8. The van der Waals surface area contributed by atoms with E-state index in [1.54, 1.807) is 0 Å². The van der Waals surface area contributed by atoms with Gasteiger partial charge < -0.3 is 9.16 Å². The summed E-state index contributed by atoms with van der Waals surface area (Å²) in [5, 5.41) is 0. The SMILES string of the molecule is CC(=O)OCCCCCO[Si](C(C)C)(C(C)C)C(C)C. The number of carbonyl (C=O) groups excluding carboxylic acids is 1. The van der Waals surface area contributed by atoms with Gasteiger partial charge in [0, 0.05) is 13.5 Å². The zero-order valence-electron chi connectivity index (χ0n) is 14.5. The van der Waals surface area contributed by atoms with E-state index >= 15 is 0 Å². The summed E-state index contributed by atoms with van der Waals surface area (Å²) >= 11 is 0. The van der Waals surface area contributed by atoms with Gasteiger partial charge in [-0.15, -0.1) is 0 Å². The van der Waals surface area contributed by atoms with Crippen LogP contribution in [-0.2, 0) is 14.0 Å². The second kappa shape index (κ2) is 9.56. The van der Waals surface area contributed by atoms with E-state index < -0.39 is 8.32 Å². The molecule has 0 spiro atoms. The second-order valence-electron chi connectivity index (χ2n) is 6.57. The van der Waals surface area contributed by atoms with E-state index in [0.717, 1.165) is 25.9 Å². The van der Waals surface area contributed by atoms with Crippen LogP contribution >= 0.6 is 0 Å². The normalized spacial score (nSPS) is 12.5. The summed E-state index contributed by atoms with van der Waals surface area (Å²) in [5.41, 5.74) is 1.93. The maximum absolute atomic E-state index is 10.6. The van der Waals surface area contributed by atoms with Crippen LogP contribution < -0.4 is 0 Å². The van der Waals surface area contributed by atoms with Gasteiger partial charge in [-0.1, -0.05) is 41.5 Å². The van der Waals surface area contributed by atoms with Gasteiger partial charge in [0.15, 0.2) is 8.32 Å². The standard InChI is InChI=1S/C16H34O3Si/c1-13(2)20(14(3)4,15(5)6)19-12-10-8-9-11-18-16(7)17/h13-15H,8-12H2,1-7H3. The fraction of sp³-hybridized carbons (Fsp3) is 0.938. The number of esters is 1. The van der Waals surface area contributed by atoms with Gasteiger partial charge in [0.2, 0.25) is 0 Å². The fourth-order valence-corrected chi connectivity index (χ4v) is 8.84. The van der Waals surface area contributed by atoms with E-state index in [1.807, 2.05) is 0 Å². The van der Waals surface area contributed by atoms with Gasteiger partial charge in [-0.05, 0) is 35.9 Å². The summed E-state index contributed by atoms with van der Waals surface area (Å²) in [6.45, 7) is 16.7. The predicted octanol–water partition coefficient (Wildman–Crippen LogP) is 4.91. The van der Waals surface area contributed by atoms with Crippen LogP contribution in [0.15, 0.2) is 0 Å². The highest BCUT2D eigenvalue weighted by Gasteiger charge is 2.44. The van der Waals surface area contributed by atoms with Crippen molar-refractivity contribution in [3.05, 3.63) is 0 Å². The van der Waals surface area contributed by atoms with Gasteiger partial charge in [-0.2, -0.15) is 0 Å². The molecule has 4 heteroatoms. The molecule has 0 saturated heterocycles. The first-order chi connectivity index (χ1) is 9.25. The van der Waals surface area contributed by atoms with Gasteiger partial charge in [0.1, 0.15) is 0 Å².